The molecule has 0 radical (unpaired) electrons. The van der Waals surface area contributed by atoms with E-state index in [9.17, 15) is 35.4 Å². The molecule has 3 aliphatic heterocycles. The first-order valence-corrected chi connectivity index (χ1v) is 16.5. The molecule has 2 saturated carbocycles. The lowest BCUT2D eigenvalue weighted by molar-refractivity contribution is -0.680. The van der Waals surface area contributed by atoms with E-state index in [1.165, 1.54) is 0 Å². The molecule has 0 spiro atoms. The summed E-state index contributed by atoms with van der Waals surface area (Å²) in [6, 6.07) is 0. The fourth-order valence-electron chi connectivity index (χ4n) is 8.04. The molecule has 0 aromatic rings. The van der Waals surface area contributed by atoms with Gasteiger partial charge in [-0.25, -0.2) is 0 Å². The van der Waals surface area contributed by atoms with Gasteiger partial charge in [-0.1, -0.05) is 13.8 Å². The average molecular weight is 625 g/mol. The minimum Gasteiger partial charge on any atom is -0.547 e. The van der Waals surface area contributed by atoms with Crippen molar-refractivity contribution in [2.24, 2.45) is 34.6 Å². The number of allylic oxidation sites excluding steroid dienone is 1. The zero-order chi connectivity index (χ0) is 31.6. The summed E-state index contributed by atoms with van der Waals surface area (Å²) in [5.74, 6) is -0.725. The Morgan fingerprint density at radius 3 is 2.57 bits per heavy atom. The summed E-state index contributed by atoms with van der Waals surface area (Å²) in [6.45, 7) is 7.06. The van der Waals surface area contributed by atoms with Crippen molar-refractivity contribution in [3.63, 3.8) is 0 Å². The van der Waals surface area contributed by atoms with Crippen LogP contribution in [-0.2, 0) is 14.3 Å². The van der Waals surface area contributed by atoms with Crippen LogP contribution in [0.25, 0.3) is 0 Å². The molecule has 12 nitrogen and oxygen atoms in total. The molecule has 44 heavy (non-hydrogen) atoms. The van der Waals surface area contributed by atoms with Gasteiger partial charge in [-0.15, -0.1) is 4.99 Å². The first kappa shape index (κ1) is 33.7. The predicted octanol–water partition coefficient (Wildman–Crippen LogP) is -2.06. The van der Waals surface area contributed by atoms with Crippen molar-refractivity contribution < 1.29 is 55.0 Å². The molecule has 0 aromatic carbocycles. The summed E-state index contributed by atoms with van der Waals surface area (Å²) in [7, 11) is 0. The normalized spacial score (nSPS) is 43.3. The van der Waals surface area contributed by atoms with Gasteiger partial charge in [0.05, 0.1) is 48.7 Å². The smallest absolute Gasteiger partial charge is 0.195 e. The van der Waals surface area contributed by atoms with E-state index >= 15 is 0 Å². The number of aliphatic imine (C=N–C) groups is 1. The molecule has 8 N–H and O–H groups in total. The van der Waals surface area contributed by atoms with E-state index in [1.807, 2.05) is 17.6 Å². The highest BCUT2D eigenvalue weighted by Gasteiger charge is 2.58. The van der Waals surface area contributed by atoms with Crippen LogP contribution in [0.5, 0.6) is 0 Å². The van der Waals surface area contributed by atoms with E-state index in [2.05, 4.69) is 18.8 Å². The maximum Gasteiger partial charge on any atom is 0.195 e. The summed E-state index contributed by atoms with van der Waals surface area (Å²) in [4.78, 5) is 15.9. The number of fused-ring (bicyclic) bond motifs is 1. The number of quaternary nitrogens is 1. The van der Waals surface area contributed by atoms with Crippen LogP contribution in [0.2, 0.25) is 0 Å². The van der Waals surface area contributed by atoms with Crippen LogP contribution >= 0.6 is 0 Å². The van der Waals surface area contributed by atoms with Crippen molar-refractivity contribution in [2.45, 2.75) is 120 Å². The van der Waals surface area contributed by atoms with Crippen molar-refractivity contribution in [3.05, 3.63) is 18.2 Å². The molecule has 0 aromatic heterocycles. The summed E-state index contributed by atoms with van der Waals surface area (Å²) >= 11 is 0. The second kappa shape index (κ2) is 14.4. The molecule has 0 bridgehead atoms. The number of aliphatic hydroxyl groups is 7. The molecule has 5 unspecified atom stereocenters. The Kier molecular flexibility index (Phi) is 11.1. The van der Waals surface area contributed by atoms with Gasteiger partial charge in [0.1, 0.15) is 37.0 Å². The number of rotatable bonds is 11. The Labute approximate surface area is 259 Å². The molecular weight excluding hydrogens is 572 g/mol. The Bertz CT molecular complexity index is 1030. The number of aliphatic carboxylic acids is 1. The average Bonchev–Trinajstić information content (AvgIpc) is 3.51. The number of carboxylic acids is 1. The summed E-state index contributed by atoms with van der Waals surface area (Å²) in [5, 5.41) is 68.3. The summed E-state index contributed by atoms with van der Waals surface area (Å²) in [6.07, 6.45) is 1.09. The van der Waals surface area contributed by atoms with Crippen molar-refractivity contribution in [2.75, 3.05) is 19.7 Å². The monoisotopic (exact) mass is 624 g/mol. The van der Waals surface area contributed by atoms with Gasteiger partial charge in [0.15, 0.2) is 30.8 Å². The number of carboxylic acid groups (broad SMARTS) is 1. The lowest BCUT2D eigenvalue weighted by atomic mass is 9.69. The van der Waals surface area contributed by atoms with Gasteiger partial charge in [0.2, 0.25) is 0 Å². The molecule has 2 saturated heterocycles. The van der Waals surface area contributed by atoms with E-state index < -0.39 is 48.4 Å². The number of ether oxygens (including phenoxy) is 3. The van der Waals surface area contributed by atoms with Crippen LogP contribution in [-0.4, -0.2) is 117 Å². The van der Waals surface area contributed by atoms with Gasteiger partial charge in [-0.05, 0) is 50.4 Å². The van der Waals surface area contributed by atoms with Gasteiger partial charge in [0.25, 0.3) is 0 Å². The van der Waals surface area contributed by atoms with Crippen LogP contribution in [0.3, 0.4) is 0 Å². The second-order valence-electron chi connectivity index (χ2n) is 14.1. The van der Waals surface area contributed by atoms with E-state index in [0.717, 1.165) is 37.7 Å². The Morgan fingerprint density at radius 1 is 1.16 bits per heavy atom. The lowest BCUT2D eigenvalue weighted by Crippen LogP contribution is -2.93. The molecule has 5 aliphatic rings. The van der Waals surface area contributed by atoms with Gasteiger partial charge in [0, 0.05) is 18.8 Å². The second-order valence-corrected chi connectivity index (χ2v) is 14.1. The van der Waals surface area contributed by atoms with E-state index in [0.29, 0.717) is 44.2 Å². The number of hydrogen-bond acceptors (Lipinski definition) is 10. The standard InChI is InChI=1S/C32H50N2O10/c1-17(2)20(11-18-9-10-33-13-18)14-34-16-32(41)29(38)27(37)28(30(39)40)44-31(32)43-22-7-8-23-25(12-22)42-15-24(26(23)36)19-3-5-21(35)6-4-19/h9-10,13,17,19-29,31,34-38,41H,3-8,11-12,14-16H2,1-2H3/p+2/t19?,20-,21?,22?,23?,24?,25?,26?,27+,28-,29-,31+,32-/m0/s1. The molecular formula is C32H52N2O10+2. The number of carbonyl (C=O) groups is 1. The van der Waals surface area contributed by atoms with E-state index in [-0.39, 0.29) is 36.5 Å². The molecule has 3 heterocycles. The molecule has 0 amide bonds. The molecule has 248 valence electrons. The Balaban J connectivity index is 1.22. The Hall–Kier alpha value is -1.61. The molecule has 4 fully saturated rings. The van der Waals surface area contributed by atoms with Crippen LogP contribution in [0.1, 0.15) is 65.2 Å². The zero-order valence-corrected chi connectivity index (χ0v) is 25.9. The number of hydrogen-bond donors (Lipinski definition) is 6. The highest BCUT2D eigenvalue weighted by Crippen LogP contribution is 2.43. The van der Waals surface area contributed by atoms with Crippen LogP contribution in [0.15, 0.2) is 16.6 Å². The van der Waals surface area contributed by atoms with Crippen LogP contribution in [0, 0.1) is 36.1 Å². The zero-order valence-electron chi connectivity index (χ0n) is 25.9. The van der Waals surface area contributed by atoms with Gasteiger partial charge < -0.3 is 55.0 Å². The highest BCUT2D eigenvalue weighted by molar-refractivity contribution is 5.81. The minimum atomic E-state index is -2.09. The van der Waals surface area contributed by atoms with E-state index in [1.54, 1.807) is 6.54 Å². The number of aliphatic hydroxyl groups excluding tert-OH is 4. The first-order valence-electron chi connectivity index (χ1n) is 16.5. The Morgan fingerprint density at radius 2 is 1.91 bits per heavy atom. The number of nitrogens with zero attached hydrogens (tertiary/aromatic N) is 1. The SMILES string of the molecule is CC(C)[C@H](C[NH2+]C[C@@]1(O)[C@H](OC2CCC3C(C2)[OH+]CC(C2CCC(O)CC2)C3O)O[C@H](C(=O)[O-])[C@@H](O)[C@@H]1O)CC1=C[CH+]N=C1. The fourth-order valence-corrected chi connectivity index (χ4v) is 8.04. The van der Waals surface area contributed by atoms with Crippen molar-refractivity contribution in [1.82, 2.24) is 0 Å². The maximum atomic E-state index is 11.8. The fraction of sp³-hybridized carbons (Fsp3) is 0.844. The van der Waals surface area contributed by atoms with Gasteiger partial charge >= 0.3 is 0 Å². The third-order valence-electron chi connectivity index (χ3n) is 11.0. The van der Waals surface area contributed by atoms with Crippen molar-refractivity contribution in [3.8, 4) is 0 Å². The summed E-state index contributed by atoms with van der Waals surface area (Å²) < 4.78 is 16.8. The predicted molar refractivity (Wildman–Crippen MR) is 157 cm³/mol. The topological polar surface area (TPSA) is 202 Å². The number of carbonyl (C=O) groups excluding carboxylic acids is 1. The highest BCUT2D eigenvalue weighted by atomic mass is 16.7. The van der Waals surface area contributed by atoms with Crippen LogP contribution in [0.4, 0.5) is 0 Å². The number of nitrogens with two attached hydrogens (primary N) is 1. The first-order chi connectivity index (χ1) is 21.0. The maximum absolute atomic E-state index is 11.8. The lowest BCUT2D eigenvalue weighted by Gasteiger charge is -2.49. The largest absolute Gasteiger partial charge is 0.547 e. The third-order valence-corrected chi connectivity index (χ3v) is 11.0. The molecule has 11 atom stereocenters. The molecule has 5 rings (SSSR count). The quantitative estimate of drug-likeness (QED) is 0.110. The molecule has 2 aliphatic carbocycles. The molecule has 12 heteroatoms. The van der Waals surface area contributed by atoms with Crippen molar-refractivity contribution in [1.29, 1.82) is 0 Å². The summed E-state index contributed by atoms with van der Waals surface area (Å²) in [5.41, 5.74) is -0.978. The van der Waals surface area contributed by atoms with Gasteiger partial charge in [-0.2, -0.15) is 0 Å². The van der Waals surface area contributed by atoms with E-state index in [4.69, 9.17) is 14.2 Å². The van der Waals surface area contributed by atoms with Crippen LogP contribution < -0.4 is 10.4 Å². The minimum absolute atomic E-state index is 0.0195. The van der Waals surface area contributed by atoms with Crippen molar-refractivity contribution >= 4 is 12.2 Å². The van der Waals surface area contributed by atoms with Gasteiger partial charge in [-0.3, -0.25) is 0 Å². The third kappa shape index (κ3) is 7.34.